The Balaban J connectivity index is 2.08. The van der Waals surface area contributed by atoms with Crippen molar-refractivity contribution in [2.75, 3.05) is 27.9 Å². The summed E-state index contributed by atoms with van der Waals surface area (Å²) in [5.74, 6) is 0.442. The number of fused-ring (bicyclic) bond motifs is 1. The maximum absolute atomic E-state index is 12.6. The van der Waals surface area contributed by atoms with Gasteiger partial charge < -0.3 is 33.3 Å². The second-order valence-electron chi connectivity index (χ2n) is 5.71. The fraction of sp³-hybridized carbons (Fsp3) is 0.200. The number of aliphatic carboxylic acids is 1. The summed E-state index contributed by atoms with van der Waals surface area (Å²) in [6, 6.07) is 9.12. The van der Waals surface area contributed by atoms with Gasteiger partial charge >= 0.3 is 0 Å². The van der Waals surface area contributed by atoms with Crippen LogP contribution in [0.5, 0.6) is 23.0 Å². The van der Waals surface area contributed by atoms with Gasteiger partial charge in [-0.2, -0.15) is 0 Å². The van der Waals surface area contributed by atoms with E-state index >= 15 is 0 Å². The quantitative estimate of drug-likeness (QED) is 0.604. The molecule has 2 aromatic carbocycles. The molecule has 0 spiro atoms. The first kappa shape index (κ1) is 19.1. The molecule has 0 bridgehead atoms. The van der Waals surface area contributed by atoms with Gasteiger partial charge in [0.15, 0.2) is 16.9 Å². The lowest BCUT2D eigenvalue weighted by atomic mass is 10.1. The van der Waals surface area contributed by atoms with Gasteiger partial charge in [0, 0.05) is 11.6 Å². The fourth-order valence-electron chi connectivity index (χ4n) is 2.73. The Morgan fingerprint density at radius 1 is 1.00 bits per heavy atom. The van der Waals surface area contributed by atoms with E-state index in [0.717, 1.165) is 0 Å². The van der Waals surface area contributed by atoms with Crippen molar-refractivity contribution in [3.8, 4) is 34.3 Å². The Labute approximate surface area is 159 Å². The minimum Gasteiger partial charge on any atom is -0.546 e. The Hall–Kier alpha value is -3.68. The largest absolute Gasteiger partial charge is 0.546 e. The molecule has 3 aromatic rings. The zero-order chi connectivity index (χ0) is 20.3. The van der Waals surface area contributed by atoms with Crippen molar-refractivity contribution in [1.82, 2.24) is 0 Å². The van der Waals surface area contributed by atoms with Crippen LogP contribution in [0.2, 0.25) is 0 Å². The highest BCUT2D eigenvalue weighted by Crippen LogP contribution is 2.41. The van der Waals surface area contributed by atoms with E-state index in [1.165, 1.54) is 45.6 Å². The molecular weight excluding hydrogens is 368 g/mol. The molecule has 0 amide bonds. The molecule has 146 valence electrons. The second kappa shape index (κ2) is 7.91. The molecule has 0 saturated carbocycles. The van der Waals surface area contributed by atoms with Crippen LogP contribution >= 0.6 is 0 Å². The molecule has 0 atom stereocenters. The minimum absolute atomic E-state index is 0.226. The second-order valence-corrected chi connectivity index (χ2v) is 5.71. The molecule has 0 radical (unpaired) electrons. The van der Waals surface area contributed by atoms with Gasteiger partial charge in [-0.15, -0.1) is 0 Å². The number of hydrogen-bond donors (Lipinski definition) is 0. The predicted molar refractivity (Wildman–Crippen MR) is 98.1 cm³/mol. The Morgan fingerprint density at radius 2 is 1.68 bits per heavy atom. The molecule has 1 heterocycles. The zero-order valence-electron chi connectivity index (χ0n) is 15.4. The SMILES string of the molecule is COc1cc(-c2cc(=O)c3cc(OCC(=O)[O-])ccc3o2)cc(OC)c1OC. The van der Waals surface area contributed by atoms with E-state index in [4.69, 9.17) is 23.4 Å². The summed E-state index contributed by atoms with van der Waals surface area (Å²) >= 11 is 0. The molecule has 0 N–H and O–H groups in total. The fourth-order valence-corrected chi connectivity index (χ4v) is 2.73. The minimum atomic E-state index is -1.36. The number of carbonyl (C=O) groups excluding carboxylic acids is 1. The number of ether oxygens (including phenoxy) is 4. The van der Waals surface area contributed by atoms with Crippen molar-refractivity contribution in [3.63, 3.8) is 0 Å². The summed E-state index contributed by atoms with van der Waals surface area (Å²) in [7, 11) is 4.48. The van der Waals surface area contributed by atoms with Crippen LogP contribution in [0, 0.1) is 0 Å². The smallest absolute Gasteiger partial charge is 0.203 e. The van der Waals surface area contributed by atoms with Crippen LogP contribution < -0.4 is 29.5 Å². The summed E-state index contributed by atoms with van der Waals surface area (Å²) in [4.78, 5) is 23.1. The van der Waals surface area contributed by atoms with Gasteiger partial charge in [-0.3, -0.25) is 4.79 Å². The number of rotatable bonds is 7. The summed E-state index contributed by atoms with van der Waals surface area (Å²) < 4.78 is 26.8. The van der Waals surface area contributed by atoms with Crippen molar-refractivity contribution in [1.29, 1.82) is 0 Å². The van der Waals surface area contributed by atoms with E-state index in [9.17, 15) is 14.7 Å². The van der Waals surface area contributed by atoms with Crippen LogP contribution in [0.4, 0.5) is 0 Å². The molecule has 0 aliphatic rings. The van der Waals surface area contributed by atoms with Gasteiger partial charge in [-0.1, -0.05) is 0 Å². The number of benzene rings is 2. The maximum atomic E-state index is 12.6. The molecular formula is C20H17O8-. The number of hydrogen-bond acceptors (Lipinski definition) is 8. The molecule has 0 saturated heterocycles. The highest BCUT2D eigenvalue weighted by molar-refractivity contribution is 5.81. The molecule has 28 heavy (non-hydrogen) atoms. The standard InChI is InChI=1S/C20H18O8/c1-24-17-6-11(7-18(25-2)20(17)26-3)16-9-14(21)13-8-12(27-10-19(22)23)4-5-15(13)28-16/h4-9H,10H2,1-3H3,(H,22,23)/p-1. The van der Waals surface area contributed by atoms with Crippen molar-refractivity contribution in [2.45, 2.75) is 0 Å². The van der Waals surface area contributed by atoms with Crippen LogP contribution in [0.15, 0.2) is 45.6 Å². The van der Waals surface area contributed by atoms with Crippen LogP contribution in [0.1, 0.15) is 0 Å². The Morgan fingerprint density at radius 3 is 2.25 bits per heavy atom. The van der Waals surface area contributed by atoms with Gasteiger partial charge in [-0.05, 0) is 30.3 Å². The van der Waals surface area contributed by atoms with E-state index in [2.05, 4.69) is 0 Å². The normalized spacial score (nSPS) is 10.5. The topological polar surface area (TPSA) is 107 Å². The van der Waals surface area contributed by atoms with Gasteiger partial charge in [0.2, 0.25) is 5.75 Å². The third-order valence-corrected chi connectivity index (χ3v) is 4.00. The molecule has 0 aliphatic carbocycles. The highest BCUT2D eigenvalue weighted by atomic mass is 16.5. The van der Waals surface area contributed by atoms with Gasteiger partial charge in [0.05, 0.1) is 32.7 Å². The van der Waals surface area contributed by atoms with Gasteiger partial charge in [-0.25, -0.2) is 0 Å². The molecule has 8 nitrogen and oxygen atoms in total. The summed E-state index contributed by atoms with van der Waals surface area (Å²) in [6.45, 7) is -0.611. The average Bonchev–Trinajstić information content (AvgIpc) is 2.70. The van der Waals surface area contributed by atoms with Crippen molar-refractivity contribution >= 4 is 16.9 Å². The van der Waals surface area contributed by atoms with Crippen LogP contribution in [0.25, 0.3) is 22.3 Å². The molecule has 1 aromatic heterocycles. The Bertz CT molecular complexity index is 1060. The monoisotopic (exact) mass is 385 g/mol. The van der Waals surface area contributed by atoms with Crippen LogP contribution in [-0.2, 0) is 4.79 Å². The Kier molecular flexibility index (Phi) is 5.39. The molecule has 0 aliphatic heterocycles. The van der Waals surface area contributed by atoms with Crippen LogP contribution in [-0.4, -0.2) is 33.9 Å². The van der Waals surface area contributed by atoms with E-state index in [1.807, 2.05) is 0 Å². The molecule has 3 rings (SSSR count). The third kappa shape index (κ3) is 3.71. The maximum Gasteiger partial charge on any atom is 0.203 e. The van der Waals surface area contributed by atoms with Crippen molar-refractivity contribution in [3.05, 3.63) is 46.6 Å². The summed E-state index contributed by atoms with van der Waals surface area (Å²) in [5, 5.41) is 10.8. The number of carboxylic acids is 1. The van der Waals surface area contributed by atoms with Gasteiger partial charge in [0.1, 0.15) is 23.7 Å². The molecule has 0 unspecified atom stereocenters. The van der Waals surface area contributed by atoms with E-state index in [0.29, 0.717) is 34.2 Å². The lowest BCUT2D eigenvalue weighted by Crippen LogP contribution is -2.28. The van der Waals surface area contributed by atoms with Gasteiger partial charge in [0.25, 0.3) is 0 Å². The molecule has 0 fully saturated rings. The van der Waals surface area contributed by atoms with E-state index in [-0.39, 0.29) is 16.6 Å². The van der Waals surface area contributed by atoms with E-state index < -0.39 is 12.6 Å². The lowest BCUT2D eigenvalue weighted by Gasteiger charge is -2.14. The van der Waals surface area contributed by atoms with Crippen LogP contribution in [0.3, 0.4) is 0 Å². The third-order valence-electron chi connectivity index (χ3n) is 4.00. The zero-order valence-corrected chi connectivity index (χ0v) is 15.4. The summed E-state index contributed by atoms with van der Waals surface area (Å²) in [6.07, 6.45) is 0. The first-order chi connectivity index (χ1) is 13.5. The van der Waals surface area contributed by atoms with E-state index in [1.54, 1.807) is 12.1 Å². The van der Waals surface area contributed by atoms with Crippen molar-refractivity contribution in [2.24, 2.45) is 0 Å². The first-order valence-electron chi connectivity index (χ1n) is 8.17. The number of methoxy groups -OCH3 is 3. The summed E-state index contributed by atoms with van der Waals surface area (Å²) in [5.41, 5.74) is 0.562. The number of carboxylic acid groups (broad SMARTS) is 1. The predicted octanol–water partition coefficient (Wildman–Crippen LogP) is 1.61. The molecule has 8 heteroatoms. The number of carbonyl (C=O) groups is 1. The average molecular weight is 385 g/mol. The highest BCUT2D eigenvalue weighted by Gasteiger charge is 2.16. The van der Waals surface area contributed by atoms with Crippen molar-refractivity contribution < 1.29 is 33.3 Å². The lowest BCUT2D eigenvalue weighted by molar-refractivity contribution is -0.307. The first-order valence-corrected chi connectivity index (χ1v) is 8.17.